The zero-order valence-electron chi connectivity index (χ0n) is 7.23. The molecule has 1 aromatic rings. The van der Waals surface area contributed by atoms with Gasteiger partial charge in [0.1, 0.15) is 5.75 Å². The fourth-order valence-electron chi connectivity index (χ4n) is 0.795. The average molecular weight is 226 g/mol. The minimum Gasteiger partial charge on any atom is -0.482 e. The number of hydrogen-bond acceptors (Lipinski definition) is 2. The van der Waals surface area contributed by atoms with E-state index in [-0.39, 0.29) is 10.8 Å². The van der Waals surface area contributed by atoms with E-state index < -0.39 is 12.8 Å². The lowest BCUT2D eigenvalue weighted by atomic mass is 10.3. The maximum absolute atomic E-state index is 11.8. The second-order valence-corrected chi connectivity index (χ2v) is 3.08. The average Bonchev–Trinajstić information content (AvgIpc) is 2.05. The van der Waals surface area contributed by atoms with Crippen molar-refractivity contribution in [2.45, 2.75) is 13.1 Å². The Hall–Kier alpha value is -0.970. The van der Waals surface area contributed by atoms with Gasteiger partial charge in [0, 0.05) is 12.3 Å². The molecule has 0 saturated heterocycles. The number of aryl methyl sites for hydroxylation is 1. The summed E-state index contributed by atoms with van der Waals surface area (Å²) in [5.74, 6) is 0.0508. The quantitative estimate of drug-likeness (QED) is 0.772. The molecule has 1 rings (SSSR count). The van der Waals surface area contributed by atoms with Crippen LogP contribution in [-0.4, -0.2) is 17.8 Å². The van der Waals surface area contributed by atoms with Gasteiger partial charge in [0.05, 0.1) is 10.7 Å². The Bertz CT molecular complexity index is 327. The molecule has 0 unspecified atom stereocenters. The molecule has 0 fully saturated rings. The fraction of sp³-hybridized carbons (Fsp3) is 0.375. The molecule has 0 bridgehead atoms. The molecule has 1 aromatic heterocycles. The first-order chi connectivity index (χ1) is 6.38. The maximum Gasteiger partial charge on any atom is 0.422 e. The van der Waals surface area contributed by atoms with Crippen LogP contribution in [0, 0.1) is 6.92 Å². The van der Waals surface area contributed by atoms with Crippen molar-refractivity contribution < 1.29 is 17.9 Å². The lowest BCUT2D eigenvalue weighted by Crippen LogP contribution is -2.19. The van der Waals surface area contributed by atoms with Gasteiger partial charge in [-0.05, 0) is 6.92 Å². The first-order valence-electron chi connectivity index (χ1n) is 3.70. The van der Waals surface area contributed by atoms with Crippen molar-refractivity contribution in [2.75, 3.05) is 6.61 Å². The van der Waals surface area contributed by atoms with Crippen LogP contribution in [0.1, 0.15) is 5.69 Å². The van der Waals surface area contributed by atoms with Crippen LogP contribution in [0.2, 0.25) is 5.02 Å². The molecule has 0 aliphatic carbocycles. The zero-order chi connectivity index (χ0) is 10.8. The van der Waals surface area contributed by atoms with Crippen LogP contribution >= 0.6 is 11.6 Å². The number of aromatic nitrogens is 1. The Morgan fingerprint density at radius 1 is 1.50 bits per heavy atom. The largest absolute Gasteiger partial charge is 0.482 e. The summed E-state index contributed by atoms with van der Waals surface area (Å²) in [6, 6.07) is 1.30. The van der Waals surface area contributed by atoms with Gasteiger partial charge < -0.3 is 4.74 Å². The predicted molar refractivity (Wildman–Crippen MR) is 45.5 cm³/mol. The van der Waals surface area contributed by atoms with Crippen molar-refractivity contribution in [3.05, 3.63) is 23.0 Å². The molecule has 0 amide bonds. The number of ether oxygens (including phenoxy) is 1. The molecule has 0 N–H and O–H groups in total. The second-order valence-electron chi connectivity index (χ2n) is 2.64. The zero-order valence-corrected chi connectivity index (χ0v) is 7.99. The molecule has 0 spiro atoms. The molecule has 2 nitrogen and oxygen atoms in total. The SMILES string of the molecule is Cc1ncc(Cl)cc1OCC(F)(F)F. The smallest absolute Gasteiger partial charge is 0.422 e. The Balaban J connectivity index is 2.72. The monoisotopic (exact) mass is 225 g/mol. The van der Waals surface area contributed by atoms with E-state index in [4.69, 9.17) is 11.6 Å². The van der Waals surface area contributed by atoms with Crippen molar-refractivity contribution in [1.82, 2.24) is 4.98 Å². The van der Waals surface area contributed by atoms with Gasteiger partial charge in [-0.3, -0.25) is 4.98 Å². The highest BCUT2D eigenvalue weighted by molar-refractivity contribution is 6.30. The van der Waals surface area contributed by atoms with Gasteiger partial charge in [-0.2, -0.15) is 13.2 Å². The van der Waals surface area contributed by atoms with Gasteiger partial charge in [0.25, 0.3) is 0 Å². The van der Waals surface area contributed by atoms with Crippen LogP contribution in [0.25, 0.3) is 0 Å². The van der Waals surface area contributed by atoms with Crippen molar-refractivity contribution in [3.8, 4) is 5.75 Å². The molecule has 6 heteroatoms. The normalized spacial score (nSPS) is 11.5. The Morgan fingerprint density at radius 3 is 2.71 bits per heavy atom. The highest BCUT2D eigenvalue weighted by atomic mass is 35.5. The van der Waals surface area contributed by atoms with Crippen LogP contribution < -0.4 is 4.74 Å². The van der Waals surface area contributed by atoms with Gasteiger partial charge in [-0.25, -0.2) is 0 Å². The molecule has 0 aliphatic heterocycles. The Labute approximate surface area is 83.7 Å². The summed E-state index contributed by atoms with van der Waals surface area (Å²) >= 11 is 5.54. The van der Waals surface area contributed by atoms with Gasteiger partial charge >= 0.3 is 6.18 Å². The van der Waals surface area contributed by atoms with Crippen LogP contribution in [0.3, 0.4) is 0 Å². The molecule has 78 valence electrons. The highest BCUT2D eigenvalue weighted by Crippen LogP contribution is 2.23. The molecule has 0 radical (unpaired) electrons. The molecule has 0 atom stereocenters. The van der Waals surface area contributed by atoms with Gasteiger partial charge in [-0.15, -0.1) is 0 Å². The first-order valence-corrected chi connectivity index (χ1v) is 4.08. The van der Waals surface area contributed by atoms with Crippen LogP contribution in [0.15, 0.2) is 12.3 Å². The summed E-state index contributed by atoms with van der Waals surface area (Å²) in [6.07, 6.45) is -3.01. The van der Waals surface area contributed by atoms with E-state index in [9.17, 15) is 13.2 Å². The minimum atomic E-state index is -4.35. The van der Waals surface area contributed by atoms with E-state index in [1.807, 2.05) is 0 Å². The molecule has 0 aliphatic rings. The summed E-state index contributed by atoms with van der Waals surface area (Å²) in [5.41, 5.74) is 0.374. The van der Waals surface area contributed by atoms with Gasteiger partial charge in [0.15, 0.2) is 6.61 Å². The van der Waals surface area contributed by atoms with E-state index in [0.29, 0.717) is 5.69 Å². The number of alkyl halides is 3. The number of nitrogens with zero attached hydrogens (tertiary/aromatic N) is 1. The second kappa shape index (κ2) is 4.04. The molecular weight excluding hydrogens is 219 g/mol. The van der Waals surface area contributed by atoms with Crippen molar-refractivity contribution >= 4 is 11.6 Å². The summed E-state index contributed by atoms with van der Waals surface area (Å²) in [5, 5.41) is 0.243. The molecular formula is C8H7ClF3NO. The standard InChI is InChI=1S/C8H7ClF3NO/c1-5-7(2-6(9)3-13-5)14-4-8(10,11)12/h2-3H,4H2,1H3. The third-order valence-corrected chi connectivity index (χ3v) is 1.61. The van der Waals surface area contributed by atoms with Crippen molar-refractivity contribution in [1.29, 1.82) is 0 Å². The molecule has 1 heterocycles. The van der Waals surface area contributed by atoms with E-state index >= 15 is 0 Å². The minimum absolute atomic E-state index is 0.0508. The lowest BCUT2D eigenvalue weighted by molar-refractivity contribution is -0.153. The van der Waals surface area contributed by atoms with Crippen LogP contribution in [0.5, 0.6) is 5.75 Å². The summed E-state index contributed by atoms with van der Waals surface area (Å²) in [4.78, 5) is 3.76. The third-order valence-electron chi connectivity index (χ3n) is 1.40. The van der Waals surface area contributed by atoms with Crippen LogP contribution in [0.4, 0.5) is 13.2 Å². The lowest BCUT2D eigenvalue weighted by Gasteiger charge is -2.10. The maximum atomic E-state index is 11.8. The van der Waals surface area contributed by atoms with E-state index in [2.05, 4.69) is 9.72 Å². The summed E-state index contributed by atoms with van der Waals surface area (Å²) < 4.78 is 39.9. The van der Waals surface area contributed by atoms with Gasteiger partial charge in [0.2, 0.25) is 0 Å². The molecule has 14 heavy (non-hydrogen) atoms. The number of halogens is 4. The number of rotatable bonds is 2. The topological polar surface area (TPSA) is 22.1 Å². The molecule has 0 aromatic carbocycles. The van der Waals surface area contributed by atoms with Crippen molar-refractivity contribution in [3.63, 3.8) is 0 Å². The van der Waals surface area contributed by atoms with Crippen molar-refractivity contribution in [2.24, 2.45) is 0 Å². The van der Waals surface area contributed by atoms with Crippen LogP contribution in [-0.2, 0) is 0 Å². The van der Waals surface area contributed by atoms with Gasteiger partial charge in [-0.1, -0.05) is 11.6 Å². The highest BCUT2D eigenvalue weighted by Gasteiger charge is 2.28. The van der Waals surface area contributed by atoms with E-state index in [0.717, 1.165) is 0 Å². The third kappa shape index (κ3) is 3.41. The summed E-state index contributed by atoms with van der Waals surface area (Å²) in [7, 11) is 0. The Morgan fingerprint density at radius 2 is 2.14 bits per heavy atom. The summed E-state index contributed by atoms with van der Waals surface area (Å²) in [6.45, 7) is 0.206. The number of hydrogen-bond donors (Lipinski definition) is 0. The Kier molecular flexibility index (Phi) is 3.21. The van der Waals surface area contributed by atoms with E-state index in [1.54, 1.807) is 6.92 Å². The predicted octanol–water partition coefficient (Wildman–Crippen LogP) is 2.98. The fourth-order valence-corrected chi connectivity index (χ4v) is 0.943. The first kappa shape index (κ1) is 11.1. The van der Waals surface area contributed by atoms with E-state index in [1.165, 1.54) is 12.3 Å². The number of pyridine rings is 1. The molecule has 0 saturated carbocycles.